The average molecular weight is 342 g/mol. The minimum absolute atomic E-state index is 0.885. The van der Waals surface area contributed by atoms with Crippen LogP contribution in [0.3, 0.4) is 0 Å². The molecule has 2 heterocycles. The molecular formula is C22H15O2P. The van der Waals surface area contributed by atoms with Crippen LogP contribution in [0.4, 0.5) is 0 Å². The van der Waals surface area contributed by atoms with E-state index in [2.05, 4.69) is 55.1 Å². The van der Waals surface area contributed by atoms with Crippen molar-refractivity contribution in [2.75, 3.05) is 0 Å². The molecule has 0 bridgehead atoms. The van der Waals surface area contributed by atoms with Gasteiger partial charge in [0.2, 0.25) is 0 Å². The van der Waals surface area contributed by atoms with Gasteiger partial charge in [0, 0.05) is 0 Å². The van der Waals surface area contributed by atoms with Crippen LogP contribution in [0.2, 0.25) is 0 Å². The summed E-state index contributed by atoms with van der Waals surface area (Å²) in [4.78, 5) is 0. The summed E-state index contributed by atoms with van der Waals surface area (Å²) < 4.78 is 13.5. The van der Waals surface area contributed by atoms with E-state index in [1.54, 1.807) is 0 Å². The Balaban J connectivity index is 1.85. The molecule has 1 spiro atoms. The van der Waals surface area contributed by atoms with E-state index in [9.17, 15) is 0 Å². The third kappa shape index (κ3) is 1.31. The summed E-state index contributed by atoms with van der Waals surface area (Å²) in [5.41, 5.74) is 0. The summed E-state index contributed by atoms with van der Waals surface area (Å²) in [6.07, 6.45) is 0. The molecule has 4 aromatic carbocycles. The van der Waals surface area contributed by atoms with Crippen molar-refractivity contribution in [1.82, 2.24) is 0 Å². The first-order chi connectivity index (χ1) is 12.3. The molecule has 3 heteroatoms. The van der Waals surface area contributed by atoms with Gasteiger partial charge in [0.1, 0.15) is 0 Å². The molecule has 6 rings (SSSR count). The van der Waals surface area contributed by atoms with Gasteiger partial charge in [0.05, 0.1) is 0 Å². The van der Waals surface area contributed by atoms with Crippen molar-refractivity contribution in [3.63, 3.8) is 0 Å². The van der Waals surface area contributed by atoms with Gasteiger partial charge >= 0.3 is 145 Å². The van der Waals surface area contributed by atoms with Gasteiger partial charge in [-0.1, -0.05) is 0 Å². The minimum atomic E-state index is -3.44. The fourth-order valence-corrected chi connectivity index (χ4v) is 8.82. The van der Waals surface area contributed by atoms with E-state index in [4.69, 9.17) is 9.05 Å². The Kier molecular flexibility index (Phi) is 2.18. The summed E-state index contributed by atoms with van der Waals surface area (Å²) in [6.45, 7) is 4.22. The van der Waals surface area contributed by atoms with Crippen molar-refractivity contribution in [2.24, 2.45) is 0 Å². The molecule has 0 unspecified atom stereocenters. The Morgan fingerprint density at radius 2 is 1.08 bits per heavy atom. The van der Waals surface area contributed by atoms with Crippen LogP contribution in [0.5, 0.6) is 11.5 Å². The monoisotopic (exact) mass is 342 g/mol. The zero-order chi connectivity index (χ0) is 16.7. The number of benzene rings is 4. The molecule has 0 radical (unpaired) electrons. The molecule has 2 aliphatic rings. The topological polar surface area (TPSA) is 18.5 Å². The molecule has 0 saturated heterocycles. The molecule has 0 amide bonds. The summed E-state index contributed by atoms with van der Waals surface area (Å²) in [5.74, 6) is 3.71. The van der Waals surface area contributed by atoms with Crippen LogP contribution < -0.4 is 19.7 Å². The quantitative estimate of drug-likeness (QED) is 0.440. The van der Waals surface area contributed by atoms with E-state index in [1.807, 2.05) is 30.1 Å². The predicted octanol–water partition coefficient (Wildman–Crippen LogP) is 5.26. The van der Waals surface area contributed by atoms with Gasteiger partial charge in [-0.2, -0.15) is 0 Å². The zero-order valence-electron chi connectivity index (χ0n) is 13.5. The molecule has 0 aliphatic carbocycles. The van der Waals surface area contributed by atoms with Gasteiger partial charge in [-0.15, -0.1) is 0 Å². The van der Waals surface area contributed by atoms with E-state index >= 15 is 0 Å². The van der Waals surface area contributed by atoms with E-state index in [-0.39, 0.29) is 0 Å². The van der Waals surface area contributed by atoms with Crippen LogP contribution in [0.15, 0.2) is 85.2 Å². The first kappa shape index (κ1) is 13.5. The second-order valence-corrected chi connectivity index (χ2v) is 10.4. The average Bonchev–Trinajstić information content (AvgIpc) is 3.12. The number of rotatable bonds is 1. The Labute approximate surface area is 145 Å². The van der Waals surface area contributed by atoms with Gasteiger partial charge in [-0.25, -0.2) is 0 Å². The van der Waals surface area contributed by atoms with Crippen LogP contribution in [0.1, 0.15) is 0 Å². The van der Waals surface area contributed by atoms with Crippen molar-refractivity contribution >= 4 is 39.2 Å². The van der Waals surface area contributed by atoms with Crippen molar-refractivity contribution in [1.29, 1.82) is 0 Å². The summed E-state index contributed by atoms with van der Waals surface area (Å²) >= 11 is 0. The molecule has 0 N–H and O–H groups in total. The van der Waals surface area contributed by atoms with Gasteiger partial charge < -0.3 is 0 Å². The first-order valence-corrected chi connectivity index (χ1v) is 10.5. The second-order valence-electron chi connectivity index (χ2n) is 6.65. The molecule has 2 nitrogen and oxygen atoms in total. The second kappa shape index (κ2) is 4.04. The van der Waals surface area contributed by atoms with Gasteiger partial charge in [0.15, 0.2) is 0 Å². The third-order valence-corrected chi connectivity index (χ3v) is 9.84. The predicted molar refractivity (Wildman–Crippen MR) is 106 cm³/mol. The van der Waals surface area contributed by atoms with E-state index in [0.29, 0.717) is 0 Å². The van der Waals surface area contributed by atoms with Crippen LogP contribution >= 0.6 is 7.06 Å². The Morgan fingerprint density at radius 1 is 0.640 bits per heavy atom. The molecule has 25 heavy (non-hydrogen) atoms. The standard InChI is InChI=1S/C22H15O2P/c1-2-25(19-13-5-9-15-7-3-11-17(23-25)21(15)19)20-14-6-10-16-8-4-12-18(24-25)22(16)20/h2-14H,1H2. The fourth-order valence-electron chi connectivity index (χ4n) is 4.44. The molecule has 0 saturated carbocycles. The summed E-state index contributed by atoms with van der Waals surface area (Å²) in [7, 11) is -3.44. The van der Waals surface area contributed by atoms with Crippen molar-refractivity contribution < 1.29 is 9.05 Å². The third-order valence-electron chi connectivity index (χ3n) is 5.49. The Hall–Kier alpha value is -2.83. The molecule has 0 atom stereocenters. The van der Waals surface area contributed by atoms with Gasteiger partial charge in [-0.05, 0) is 0 Å². The Bertz CT molecular complexity index is 1140. The molecule has 2 aliphatic heterocycles. The maximum absolute atomic E-state index is 6.77. The van der Waals surface area contributed by atoms with E-state index < -0.39 is 7.06 Å². The van der Waals surface area contributed by atoms with Crippen LogP contribution in [-0.2, 0) is 0 Å². The summed E-state index contributed by atoms with van der Waals surface area (Å²) in [5, 5.41) is 6.88. The number of hydrogen-bond donors (Lipinski definition) is 0. The van der Waals surface area contributed by atoms with Crippen LogP contribution in [-0.4, -0.2) is 0 Å². The van der Waals surface area contributed by atoms with Crippen LogP contribution in [0.25, 0.3) is 21.5 Å². The van der Waals surface area contributed by atoms with Crippen molar-refractivity contribution in [3.05, 3.63) is 85.2 Å². The molecule has 4 aromatic rings. The number of fused-ring (bicyclic) bond motifs is 2. The normalized spacial score (nSPS) is 19.3. The fraction of sp³-hybridized carbons (Fsp3) is 0. The van der Waals surface area contributed by atoms with Crippen molar-refractivity contribution in [3.8, 4) is 11.5 Å². The Morgan fingerprint density at radius 3 is 1.52 bits per heavy atom. The van der Waals surface area contributed by atoms with Crippen LogP contribution in [0, 0.1) is 0 Å². The van der Waals surface area contributed by atoms with Gasteiger partial charge in [-0.3, -0.25) is 0 Å². The first-order valence-electron chi connectivity index (χ1n) is 8.36. The van der Waals surface area contributed by atoms with E-state index in [1.165, 1.54) is 10.8 Å². The summed E-state index contributed by atoms with van der Waals surface area (Å²) in [6, 6.07) is 25.1. The zero-order valence-corrected chi connectivity index (χ0v) is 14.4. The van der Waals surface area contributed by atoms with Crippen molar-refractivity contribution in [2.45, 2.75) is 0 Å². The molecule has 0 aromatic heterocycles. The van der Waals surface area contributed by atoms with Gasteiger partial charge in [0.25, 0.3) is 0 Å². The number of hydrogen-bond acceptors (Lipinski definition) is 2. The molecular weight excluding hydrogens is 327 g/mol. The van der Waals surface area contributed by atoms with E-state index in [0.717, 1.165) is 32.9 Å². The SMILES string of the molecule is C=CP12(Oc3cccc4cccc1c34)Oc1cccc3cccc2c13. The molecule has 0 fully saturated rings. The maximum atomic E-state index is 6.77. The molecule has 120 valence electrons.